The largest absolute Gasteiger partial charge is 0.370 e. The molecule has 0 amide bonds. The standard InChI is InChI=1S/C14H27N3/c1-11(2)9-17-13(15)16-10-14(17)7-4-5-12(3)6-8-14/h11-12H,4-10H2,1-3H3,(H2,15,16). The van der Waals surface area contributed by atoms with E-state index in [2.05, 4.69) is 30.7 Å². The molecule has 0 saturated heterocycles. The number of guanidine groups is 1. The fraction of sp³-hybridized carbons (Fsp3) is 0.929. The van der Waals surface area contributed by atoms with Gasteiger partial charge < -0.3 is 10.6 Å². The first-order valence-corrected chi connectivity index (χ1v) is 7.11. The first kappa shape index (κ1) is 12.7. The van der Waals surface area contributed by atoms with Crippen molar-refractivity contribution in [3.05, 3.63) is 0 Å². The Bertz CT molecular complexity index is 298. The molecule has 0 aromatic rings. The van der Waals surface area contributed by atoms with Gasteiger partial charge in [-0.3, -0.25) is 4.99 Å². The highest BCUT2D eigenvalue weighted by Gasteiger charge is 2.42. The van der Waals surface area contributed by atoms with Gasteiger partial charge in [-0.15, -0.1) is 0 Å². The molecule has 2 rings (SSSR count). The smallest absolute Gasteiger partial charge is 0.191 e. The van der Waals surface area contributed by atoms with Crippen molar-refractivity contribution < 1.29 is 0 Å². The zero-order valence-corrected chi connectivity index (χ0v) is 11.6. The lowest BCUT2D eigenvalue weighted by molar-refractivity contribution is 0.159. The summed E-state index contributed by atoms with van der Waals surface area (Å²) in [4.78, 5) is 6.95. The van der Waals surface area contributed by atoms with E-state index in [0.717, 1.165) is 25.0 Å². The summed E-state index contributed by atoms with van der Waals surface area (Å²) >= 11 is 0. The Morgan fingerprint density at radius 3 is 2.88 bits per heavy atom. The highest BCUT2D eigenvalue weighted by molar-refractivity contribution is 5.81. The minimum absolute atomic E-state index is 0.263. The summed E-state index contributed by atoms with van der Waals surface area (Å²) in [7, 11) is 0. The maximum atomic E-state index is 6.09. The summed E-state index contributed by atoms with van der Waals surface area (Å²) in [5, 5.41) is 0. The van der Waals surface area contributed by atoms with Crippen molar-refractivity contribution in [2.45, 2.75) is 58.4 Å². The molecule has 1 spiro atoms. The molecular weight excluding hydrogens is 210 g/mol. The number of rotatable bonds is 2. The van der Waals surface area contributed by atoms with Crippen molar-refractivity contribution in [1.82, 2.24) is 4.90 Å². The Morgan fingerprint density at radius 1 is 1.41 bits per heavy atom. The predicted octanol–water partition coefficient (Wildman–Crippen LogP) is 2.61. The Morgan fingerprint density at radius 2 is 2.18 bits per heavy atom. The van der Waals surface area contributed by atoms with Crippen LogP contribution in [-0.2, 0) is 0 Å². The zero-order valence-electron chi connectivity index (χ0n) is 11.6. The fourth-order valence-corrected chi connectivity index (χ4v) is 3.29. The first-order valence-electron chi connectivity index (χ1n) is 7.11. The molecule has 0 radical (unpaired) electrons. The minimum atomic E-state index is 0.263. The van der Waals surface area contributed by atoms with E-state index >= 15 is 0 Å². The SMILES string of the molecule is CC(C)CN1C(N)=NCC12CCCC(C)CC2. The van der Waals surface area contributed by atoms with Crippen LogP contribution in [0.15, 0.2) is 4.99 Å². The normalized spacial score (nSPS) is 34.2. The van der Waals surface area contributed by atoms with Crippen LogP contribution in [0.4, 0.5) is 0 Å². The Labute approximate surface area is 105 Å². The molecule has 0 aromatic carbocycles. The van der Waals surface area contributed by atoms with Gasteiger partial charge in [0.15, 0.2) is 5.96 Å². The lowest BCUT2D eigenvalue weighted by Crippen LogP contribution is -2.52. The molecule has 0 aromatic heterocycles. The van der Waals surface area contributed by atoms with Crippen LogP contribution >= 0.6 is 0 Å². The van der Waals surface area contributed by atoms with Gasteiger partial charge in [-0.05, 0) is 31.1 Å². The molecular formula is C14H27N3. The van der Waals surface area contributed by atoms with Crippen LogP contribution in [0, 0.1) is 11.8 Å². The molecule has 0 bridgehead atoms. The summed E-state index contributed by atoms with van der Waals surface area (Å²) in [5.74, 6) is 2.31. The Kier molecular flexibility index (Phi) is 3.64. The average Bonchev–Trinajstić information content (AvgIpc) is 2.47. The molecule has 3 nitrogen and oxygen atoms in total. The highest BCUT2D eigenvalue weighted by atomic mass is 15.4. The quantitative estimate of drug-likeness (QED) is 0.802. The predicted molar refractivity (Wildman–Crippen MR) is 73.0 cm³/mol. The minimum Gasteiger partial charge on any atom is -0.370 e. The average molecular weight is 237 g/mol. The molecule has 2 aliphatic rings. The van der Waals surface area contributed by atoms with Crippen molar-refractivity contribution in [2.75, 3.05) is 13.1 Å². The van der Waals surface area contributed by atoms with Crippen LogP contribution in [0.3, 0.4) is 0 Å². The Balaban J connectivity index is 2.12. The third kappa shape index (κ3) is 2.58. The van der Waals surface area contributed by atoms with Gasteiger partial charge in [-0.2, -0.15) is 0 Å². The van der Waals surface area contributed by atoms with Crippen molar-refractivity contribution in [2.24, 2.45) is 22.6 Å². The van der Waals surface area contributed by atoms with Crippen LogP contribution in [0.5, 0.6) is 0 Å². The third-order valence-electron chi connectivity index (χ3n) is 4.37. The summed E-state index contributed by atoms with van der Waals surface area (Å²) < 4.78 is 0. The van der Waals surface area contributed by atoms with Crippen LogP contribution in [-0.4, -0.2) is 29.5 Å². The van der Waals surface area contributed by atoms with Crippen LogP contribution in [0.2, 0.25) is 0 Å². The molecule has 17 heavy (non-hydrogen) atoms. The van der Waals surface area contributed by atoms with Crippen LogP contribution in [0.1, 0.15) is 52.9 Å². The maximum Gasteiger partial charge on any atom is 0.191 e. The summed E-state index contributed by atoms with van der Waals surface area (Å²) in [5.41, 5.74) is 6.36. The van der Waals surface area contributed by atoms with Crippen molar-refractivity contribution in [3.8, 4) is 0 Å². The van der Waals surface area contributed by atoms with Gasteiger partial charge >= 0.3 is 0 Å². The van der Waals surface area contributed by atoms with Gasteiger partial charge in [0, 0.05) is 6.54 Å². The van der Waals surface area contributed by atoms with E-state index in [4.69, 9.17) is 5.73 Å². The monoisotopic (exact) mass is 237 g/mol. The summed E-state index contributed by atoms with van der Waals surface area (Å²) in [6.07, 6.45) is 6.58. The second-order valence-electron chi connectivity index (χ2n) is 6.44. The second-order valence-corrected chi connectivity index (χ2v) is 6.44. The summed E-state index contributed by atoms with van der Waals surface area (Å²) in [6.45, 7) is 8.89. The molecule has 98 valence electrons. The van der Waals surface area contributed by atoms with E-state index in [-0.39, 0.29) is 5.54 Å². The first-order chi connectivity index (χ1) is 8.03. The Hall–Kier alpha value is -0.730. The number of aliphatic imine (C=N–C) groups is 1. The van der Waals surface area contributed by atoms with Crippen LogP contribution in [0.25, 0.3) is 0 Å². The number of hydrogen-bond donors (Lipinski definition) is 1. The second kappa shape index (κ2) is 4.87. The van der Waals surface area contributed by atoms with Gasteiger partial charge in [-0.1, -0.05) is 33.6 Å². The highest BCUT2D eigenvalue weighted by Crippen LogP contribution is 2.37. The summed E-state index contributed by atoms with van der Waals surface area (Å²) in [6, 6.07) is 0. The fourth-order valence-electron chi connectivity index (χ4n) is 3.29. The number of nitrogens with zero attached hydrogens (tertiary/aromatic N) is 2. The lowest BCUT2D eigenvalue weighted by Gasteiger charge is -2.40. The molecule has 2 unspecified atom stereocenters. The molecule has 1 fully saturated rings. The van der Waals surface area contributed by atoms with Crippen molar-refractivity contribution in [1.29, 1.82) is 0 Å². The molecule has 2 atom stereocenters. The number of hydrogen-bond acceptors (Lipinski definition) is 3. The molecule has 1 aliphatic carbocycles. The van der Waals surface area contributed by atoms with E-state index in [9.17, 15) is 0 Å². The van der Waals surface area contributed by atoms with Gasteiger partial charge in [0.05, 0.1) is 12.1 Å². The van der Waals surface area contributed by atoms with Crippen molar-refractivity contribution in [3.63, 3.8) is 0 Å². The van der Waals surface area contributed by atoms with E-state index in [1.807, 2.05) is 0 Å². The van der Waals surface area contributed by atoms with Gasteiger partial charge in [0.2, 0.25) is 0 Å². The van der Waals surface area contributed by atoms with Crippen LogP contribution < -0.4 is 5.73 Å². The molecule has 1 heterocycles. The molecule has 1 saturated carbocycles. The van der Waals surface area contributed by atoms with E-state index in [1.54, 1.807) is 0 Å². The maximum absolute atomic E-state index is 6.09. The van der Waals surface area contributed by atoms with Gasteiger partial charge in [0.1, 0.15) is 0 Å². The third-order valence-corrected chi connectivity index (χ3v) is 4.37. The van der Waals surface area contributed by atoms with E-state index in [1.165, 1.54) is 32.1 Å². The lowest BCUT2D eigenvalue weighted by atomic mass is 9.88. The zero-order chi connectivity index (χ0) is 12.5. The topological polar surface area (TPSA) is 41.6 Å². The molecule has 1 aliphatic heterocycles. The van der Waals surface area contributed by atoms with E-state index < -0.39 is 0 Å². The molecule has 2 N–H and O–H groups in total. The molecule has 3 heteroatoms. The number of nitrogens with two attached hydrogens (primary N) is 1. The van der Waals surface area contributed by atoms with Gasteiger partial charge in [-0.25, -0.2) is 0 Å². The van der Waals surface area contributed by atoms with Crippen molar-refractivity contribution >= 4 is 5.96 Å². The van der Waals surface area contributed by atoms with Gasteiger partial charge in [0.25, 0.3) is 0 Å². The van der Waals surface area contributed by atoms with E-state index in [0.29, 0.717) is 5.92 Å².